The maximum absolute atomic E-state index is 13.6. The first kappa shape index (κ1) is 16.4. The Labute approximate surface area is 138 Å². The molecule has 1 aromatic heterocycles. The normalized spacial score (nSPS) is 10.1. The van der Waals surface area contributed by atoms with Gasteiger partial charge in [-0.05, 0) is 30.3 Å². The highest BCUT2D eigenvalue weighted by molar-refractivity contribution is 9.10. The van der Waals surface area contributed by atoms with Gasteiger partial charge in [-0.2, -0.15) is 0 Å². The summed E-state index contributed by atoms with van der Waals surface area (Å²) in [5, 5.41) is 2.54. The van der Waals surface area contributed by atoms with E-state index in [1.807, 2.05) is 0 Å². The van der Waals surface area contributed by atoms with Gasteiger partial charge < -0.3 is 10.1 Å². The van der Waals surface area contributed by atoms with Gasteiger partial charge in [0.1, 0.15) is 5.82 Å². The van der Waals surface area contributed by atoms with E-state index >= 15 is 0 Å². The number of anilines is 1. The van der Waals surface area contributed by atoms with E-state index in [-0.39, 0.29) is 10.7 Å². The standard InChI is InChI=1S/C14H9BrClFN2O3/c15-8-3-4-9(10(17)6-8)14(21)22-7-12(20)19-11-2-1-5-18-13(11)16/h1-6H,7H2,(H,19,20). The van der Waals surface area contributed by atoms with Crippen LogP contribution in [0.2, 0.25) is 5.15 Å². The molecule has 0 aliphatic carbocycles. The number of nitrogens with zero attached hydrogens (tertiary/aromatic N) is 1. The minimum Gasteiger partial charge on any atom is -0.452 e. The topological polar surface area (TPSA) is 68.3 Å². The molecule has 8 heteroatoms. The molecule has 5 nitrogen and oxygen atoms in total. The number of ether oxygens (including phenoxy) is 1. The first-order valence-corrected chi connectivity index (χ1v) is 7.17. The molecule has 2 aromatic rings. The van der Waals surface area contributed by atoms with Gasteiger partial charge in [0, 0.05) is 10.7 Å². The fourth-order valence-electron chi connectivity index (χ4n) is 1.53. The number of carbonyl (C=O) groups excluding carboxylic acids is 2. The van der Waals surface area contributed by atoms with Crippen LogP contribution < -0.4 is 5.32 Å². The van der Waals surface area contributed by atoms with E-state index in [0.717, 1.165) is 6.07 Å². The zero-order valence-electron chi connectivity index (χ0n) is 11.0. The van der Waals surface area contributed by atoms with Crippen molar-refractivity contribution in [2.75, 3.05) is 11.9 Å². The molecule has 0 saturated heterocycles. The number of nitrogens with one attached hydrogen (secondary N) is 1. The lowest BCUT2D eigenvalue weighted by Gasteiger charge is -2.08. The van der Waals surface area contributed by atoms with Gasteiger partial charge in [0.15, 0.2) is 11.8 Å². The SMILES string of the molecule is O=C(COC(=O)c1ccc(Br)cc1F)Nc1cccnc1Cl. The van der Waals surface area contributed by atoms with Crippen molar-refractivity contribution in [1.29, 1.82) is 0 Å². The summed E-state index contributed by atoms with van der Waals surface area (Å²) < 4.78 is 18.8. The summed E-state index contributed by atoms with van der Waals surface area (Å²) in [5.41, 5.74) is 0.0375. The minimum atomic E-state index is -0.933. The number of pyridine rings is 1. The number of carbonyl (C=O) groups is 2. The third kappa shape index (κ3) is 4.25. The van der Waals surface area contributed by atoms with E-state index < -0.39 is 24.3 Å². The second kappa shape index (κ2) is 7.33. The number of esters is 1. The Morgan fingerprint density at radius 1 is 1.36 bits per heavy atom. The summed E-state index contributed by atoms with van der Waals surface area (Å²) in [6.45, 7) is -0.570. The number of rotatable bonds is 4. The fraction of sp³-hybridized carbons (Fsp3) is 0.0714. The quantitative estimate of drug-likeness (QED) is 0.645. The molecule has 1 N–H and O–H groups in total. The lowest BCUT2D eigenvalue weighted by atomic mass is 10.2. The lowest BCUT2D eigenvalue weighted by molar-refractivity contribution is -0.119. The van der Waals surface area contributed by atoms with Gasteiger partial charge in [-0.25, -0.2) is 14.2 Å². The maximum Gasteiger partial charge on any atom is 0.341 e. The van der Waals surface area contributed by atoms with Crippen LogP contribution in [0.1, 0.15) is 10.4 Å². The zero-order chi connectivity index (χ0) is 16.1. The number of benzene rings is 1. The Morgan fingerprint density at radius 2 is 2.14 bits per heavy atom. The molecule has 0 atom stereocenters. The Kier molecular flexibility index (Phi) is 5.46. The summed E-state index contributed by atoms with van der Waals surface area (Å²) in [7, 11) is 0. The van der Waals surface area contributed by atoms with Gasteiger partial charge >= 0.3 is 5.97 Å². The van der Waals surface area contributed by atoms with Crippen molar-refractivity contribution in [3.63, 3.8) is 0 Å². The highest BCUT2D eigenvalue weighted by Crippen LogP contribution is 2.18. The Morgan fingerprint density at radius 3 is 2.82 bits per heavy atom. The molecule has 0 bridgehead atoms. The molecule has 1 heterocycles. The van der Waals surface area contributed by atoms with Crippen LogP contribution >= 0.6 is 27.5 Å². The molecule has 114 valence electrons. The van der Waals surface area contributed by atoms with Crippen LogP contribution in [-0.2, 0) is 9.53 Å². The average Bonchev–Trinajstić information content (AvgIpc) is 2.47. The molecular formula is C14H9BrClFN2O3. The molecule has 1 aromatic carbocycles. The predicted octanol–water partition coefficient (Wildman–Crippen LogP) is 3.43. The van der Waals surface area contributed by atoms with Gasteiger partial charge in [0.2, 0.25) is 0 Å². The lowest BCUT2D eigenvalue weighted by Crippen LogP contribution is -2.21. The van der Waals surface area contributed by atoms with Crippen LogP contribution in [0.5, 0.6) is 0 Å². The Hall–Kier alpha value is -1.99. The first-order valence-electron chi connectivity index (χ1n) is 6.00. The summed E-state index contributed by atoms with van der Waals surface area (Å²) >= 11 is 8.85. The molecule has 1 amide bonds. The predicted molar refractivity (Wildman–Crippen MR) is 82.3 cm³/mol. The van der Waals surface area contributed by atoms with Crippen molar-refractivity contribution < 1.29 is 18.7 Å². The number of halogens is 3. The minimum absolute atomic E-state index is 0.112. The van der Waals surface area contributed by atoms with E-state index in [9.17, 15) is 14.0 Å². The molecule has 0 aliphatic heterocycles. The number of amides is 1. The second-order valence-corrected chi connectivity index (χ2v) is 5.36. The summed E-state index contributed by atoms with van der Waals surface area (Å²) in [5.74, 6) is -2.28. The third-order valence-electron chi connectivity index (χ3n) is 2.52. The van der Waals surface area contributed by atoms with Crippen LogP contribution in [0, 0.1) is 5.82 Å². The second-order valence-electron chi connectivity index (χ2n) is 4.09. The first-order chi connectivity index (χ1) is 10.5. The monoisotopic (exact) mass is 386 g/mol. The molecule has 2 rings (SSSR count). The molecule has 0 saturated carbocycles. The summed E-state index contributed by atoms with van der Waals surface area (Å²) in [4.78, 5) is 27.2. The van der Waals surface area contributed by atoms with Crippen LogP contribution in [0.3, 0.4) is 0 Å². The third-order valence-corrected chi connectivity index (χ3v) is 3.31. The Bertz CT molecular complexity index is 727. The molecule has 0 aliphatic rings. The van der Waals surface area contributed by atoms with E-state index in [1.54, 1.807) is 12.1 Å². The molecule has 0 unspecified atom stereocenters. The highest BCUT2D eigenvalue weighted by atomic mass is 79.9. The number of aromatic nitrogens is 1. The van der Waals surface area contributed by atoms with Crippen LogP contribution in [0.15, 0.2) is 41.0 Å². The van der Waals surface area contributed by atoms with E-state index in [1.165, 1.54) is 18.3 Å². The fourth-order valence-corrected chi connectivity index (χ4v) is 2.03. The van der Waals surface area contributed by atoms with Crippen molar-refractivity contribution >= 4 is 45.1 Å². The van der Waals surface area contributed by atoms with Gasteiger partial charge in [-0.15, -0.1) is 0 Å². The molecular weight excluding hydrogens is 379 g/mol. The van der Waals surface area contributed by atoms with Crippen molar-refractivity contribution in [2.24, 2.45) is 0 Å². The van der Waals surface area contributed by atoms with Crippen molar-refractivity contribution in [2.45, 2.75) is 0 Å². The average molecular weight is 388 g/mol. The summed E-state index contributed by atoms with van der Waals surface area (Å²) in [6.07, 6.45) is 1.47. The van der Waals surface area contributed by atoms with Crippen molar-refractivity contribution in [3.05, 3.63) is 57.5 Å². The largest absolute Gasteiger partial charge is 0.452 e. The van der Waals surface area contributed by atoms with Gasteiger partial charge in [-0.3, -0.25) is 4.79 Å². The smallest absolute Gasteiger partial charge is 0.341 e. The highest BCUT2D eigenvalue weighted by Gasteiger charge is 2.15. The zero-order valence-corrected chi connectivity index (χ0v) is 13.3. The number of hydrogen-bond acceptors (Lipinski definition) is 4. The Balaban J connectivity index is 1.93. The summed E-state index contributed by atoms with van der Waals surface area (Å²) in [6, 6.07) is 7.02. The van der Waals surface area contributed by atoms with Crippen LogP contribution in [-0.4, -0.2) is 23.5 Å². The van der Waals surface area contributed by atoms with Crippen LogP contribution in [0.25, 0.3) is 0 Å². The van der Waals surface area contributed by atoms with Gasteiger partial charge in [-0.1, -0.05) is 27.5 Å². The van der Waals surface area contributed by atoms with Gasteiger partial charge in [0.05, 0.1) is 11.3 Å². The van der Waals surface area contributed by atoms with Crippen molar-refractivity contribution in [3.8, 4) is 0 Å². The van der Waals surface area contributed by atoms with Gasteiger partial charge in [0.25, 0.3) is 5.91 Å². The van der Waals surface area contributed by atoms with Crippen molar-refractivity contribution in [1.82, 2.24) is 4.98 Å². The molecule has 0 radical (unpaired) electrons. The van der Waals surface area contributed by atoms with E-state index in [2.05, 4.69) is 26.2 Å². The molecule has 0 fully saturated rings. The maximum atomic E-state index is 13.6. The number of hydrogen-bond donors (Lipinski definition) is 1. The molecule has 0 spiro atoms. The van der Waals surface area contributed by atoms with Crippen LogP contribution in [0.4, 0.5) is 10.1 Å². The van der Waals surface area contributed by atoms with E-state index in [0.29, 0.717) is 10.2 Å². The van der Waals surface area contributed by atoms with E-state index in [4.69, 9.17) is 16.3 Å². The molecule has 22 heavy (non-hydrogen) atoms.